The number of piperazine rings is 1. The number of likely N-dealkylation sites (N-methyl/N-ethyl adjacent to an activating group) is 3. The molecule has 0 bridgehead atoms. The van der Waals surface area contributed by atoms with Crippen molar-refractivity contribution in [2.75, 3.05) is 112 Å². The van der Waals surface area contributed by atoms with Crippen LogP contribution in [0.5, 0.6) is 0 Å². The fourth-order valence-electron chi connectivity index (χ4n) is 4.47. The molecule has 4 aliphatic heterocycles. The third kappa shape index (κ3) is 10.4. The van der Waals surface area contributed by atoms with E-state index in [1.54, 1.807) is 0 Å². The molecule has 4 fully saturated rings. The summed E-state index contributed by atoms with van der Waals surface area (Å²) in [6.07, 6.45) is 2.41. The molecule has 0 aromatic heterocycles. The lowest BCUT2D eigenvalue weighted by Crippen LogP contribution is -2.56. The zero-order valence-corrected chi connectivity index (χ0v) is 22.3. The molecule has 4 rings (SSSR count). The van der Waals surface area contributed by atoms with Crippen LogP contribution in [0.1, 0.15) is 33.6 Å². The van der Waals surface area contributed by atoms with Crippen LogP contribution in [0.3, 0.4) is 0 Å². The summed E-state index contributed by atoms with van der Waals surface area (Å²) in [5.41, 5.74) is 0. The molecule has 200 valence electrons. The van der Waals surface area contributed by atoms with Gasteiger partial charge in [0.05, 0.1) is 45.1 Å². The Morgan fingerprint density at radius 2 is 1.59 bits per heavy atom. The Balaban J connectivity index is 0.000000181. The van der Waals surface area contributed by atoms with Crippen LogP contribution in [-0.2, 0) is 14.3 Å². The number of morpholine rings is 1. The smallest absolute Gasteiger partial charge is 0.236 e. The summed E-state index contributed by atoms with van der Waals surface area (Å²) in [4.78, 5) is 22.9. The van der Waals surface area contributed by atoms with Crippen molar-refractivity contribution in [2.24, 2.45) is 0 Å². The molecule has 4 aliphatic rings. The third-order valence-corrected chi connectivity index (χ3v) is 7.27. The van der Waals surface area contributed by atoms with Crippen molar-refractivity contribution in [3.8, 4) is 0 Å². The lowest BCUT2D eigenvalue weighted by molar-refractivity contribution is -0.130. The monoisotopic (exact) mass is 485 g/mol. The Morgan fingerprint density at radius 1 is 0.941 bits per heavy atom. The average Bonchev–Trinajstić information content (AvgIpc) is 3.39. The molecule has 1 amide bonds. The molecular formula is C25H51N5O4. The lowest BCUT2D eigenvalue weighted by Gasteiger charge is -2.42. The van der Waals surface area contributed by atoms with E-state index in [1.807, 2.05) is 16.8 Å². The standard InChI is InChI=1S/2C9H18N2O.C7H15NO2/c1-2-10-3-5-11(6-4-10)9-7-12-8-9;1-3-10(2)8-9(12)11-6-4-5-7-11;1-2-8-3-4-10-7(5-8)6-9/h9H,2-8H2,1H3;3-8H2,1-2H3;7,9H,2-6H2,1H3. The second kappa shape index (κ2) is 16.8. The summed E-state index contributed by atoms with van der Waals surface area (Å²) < 4.78 is 10.5. The fraction of sp³-hybridized carbons (Fsp3) is 0.960. The molecule has 4 saturated heterocycles. The summed E-state index contributed by atoms with van der Waals surface area (Å²) >= 11 is 0. The topological polar surface area (TPSA) is 72.0 Å². The van der Waals surface area contributed by atoms with E-state index in [0.29, 0.717) is 6.54 Å². The molecule has 0 aromatic rings. The highest BCUT2D eigenvalue weighted by Crippen LogP contribution is 2.12. The number of carbonyl (C=O) groups excluding carboxylic acids is 1. The summed E-state index contributed by atoms with van der Waals surface area (Å²) in [7, 11) is 1.98. The van der Waals surface area contributed by atoms with Crippen molar-refractivity contribution < 1.29 is 19.4 Å². The molecule has 0 aromatic carbocycles. The maximum atomic E-state index is 11.5. The molecule has 9 nitrogen and oxygen atoms in total. The van der Waals surface area contributed by atoms with Crippen molar-refractivity contribution in [1.82, 2.24) is 24.5 Å². The van der Waals surface area contributed by atoms with Crippen LogP contribution in [-0.4, -0.2) is 160 Å². The van der Waals surface area contributed by atoms with Crippen LogP contribution in [0, 0.1) is 0 Å². The highest BCUT2D eigenvalue weighted by molar-refractivity contribution is 5.78. The molecule has 1 unspecified atom stereocenters. The van der Waals surface area contributed by atoms with Gasteiger partial charge in [0.25, 0.3) is 0 Å². The maximum Gasteiger partial charge on any atom is 0.236 e. The zero-order valence-electron chi connectivity index (χ0n) is 22.3. The van der Waals surface area contributed by atoms with Crippen LogP contribution >= 0.6 is 0 Å². The molecule has 0 spiro atoms. The van der Waals surface area contributed by atoms with E-state index < -0.39 is 0 Å². The summed E-state index contributed by atoms with van der Waals surface area (Å²) in [5.74, 6) is 0.289. The van der Waals surface area contributed by atoms with E-state index in [9.17, 15) is 4.79 Å². The van der Waals surface area contributed by atoms with E-state index in [2.05, 4.69) is 35.5 Å². The number of carbonyl (C=O) groups is 1. The SMILES string of the molecule is CCN(C)CC(=O)N1CCCC1.CCN1CCN(C2COC2)CC1.CCN1CCOC(CO)C1. The number of amides is 1. The zero-order chi connectivity index (χ0) is 24.8. The van der Waals surface area contributed by atoms with Gasteiger partial charge in [-0.15, -0.1) is 0 Å². The summed E-state index contributed by atoms with van der Waals surface area (Å²) in [6.45, 7) is 21.8. The van der Waals surface area contributed by atoms with Gasteiger partial charge in [0.1, 0.15) is 0 Å². The van der Waals surface area contributed by atoms with Gasteiger partial charge >= 0.3 is 0 Å². The van der Waals surface area contributed by atoms with Crippen molar-refractivity contribution >= 4 is 5.91 Å². The summed E-state index contributed by atoms with van der Waals surface area (Å²) in [5, 5.41) is 8.75. The van der Waals surface area contributed by atoms with Crippen LogP contribution in [0.15, 0.2) is 0 Å². The van der Waals surface area contributed by atoms with Gasteiger partial charge < -0.3 is 24.4 Å². The third-order valence-electron chi connectivity index (χ3n) is 7.27. The molecule has 9 heteroatoms. The quantitative estimate of drug-likeness (QED) is 0.552. The van der Waals surface area contributed by atoms with Crippen molar-refractivity contribution in [3.63, 3.8) is 0 Å². The minimum atomic E-state index is 0.0497. The Kier molecular flexibility index (Phi) is 14.5. The van der Waals surface area contributed by atoms with Gasteiger partial charge in [0.2, 0.25) is 5.91 Å². The normalized spacial score (nSPS) is 24.8. The second-order valence-electron chi connectivity index (χ2n) is 9.65. The highest BCUT2D eigenvalue weighted by atomic mass is 16.5. The number of rotatable bonds is 7. The van der Waals surface area contributed by atoms with Crippen LogP contribution < -0.4 is 0 Å². The average molecular weight is 486 g/mol. The fourth-order valence-corrected chi connectivity index (χ4v) is 4.47. The van der Waals surface area contributed by atoms with E-state index in [-0.39, 0.29) is 18.6 Å². The Hall–Kier alpha value is -0.810. The Labute approximate surface area is 207 Å². The largest absolute Gasteiger partial charge is 0.394 e. The number of nitrogens with zero attached hydrogens (tertiary/aromatic N) is 5. The first-order chi connectivity index (χ1) is 16.5. The summed E-state index contributed by atoms with van der Waals surface area (Å²) in [6, 6.07) is 0.740. The number of ether oxygens (including phenoxy) is 2. The van der Waals surface area contributed by atoms with Gasteiger partial charge in [0, 0.05) is 52.4 Å². The predicted octanol–water partition coefficient (Wildman–Crippen LogP) is 0.283. The molecular weight excluding hydrogens is 434 g/mol. The molecule has 0 radical (unpaired) electrons. The second-order valence-corrected chi connectivity index (χ2v) is 9.65. The molecule has 34 heavy (non-hydrogen) atoms. The van der Waals surface area contributed by atoms with E-state index in [1.165, 1.54) is 45.6 Å². The number of hydrogen-bond donors (Lipinski definition) is 1. The number of aliphatic hydroxyl groups is 1. The molecule has 1 atom stereocenters. The molecule has 0 saturated carbocycles. The van der Waals surface area contributed by atoms with Gasteiger partial charge in [-0.25, -0.2) is 0 Å². The van der Waals surface area contributed by atoms with Gasteiger partial charge in [-0.2, -0.15) is 0 Å². The number of hydrogen-bond acceptors (Lipinski definition) is 8. The van der Waals surface area contributed by atoms with Crippen molar-refractivity contribution in [1.29, 1.82) is 0 Å². The van der Waals surface area contributed by atoms with Gasteiger partial charge in [-0.3, -0.25) is 19.5 Å². The highest BCUT2D eigenvalue weighted by Gasteiger charge is 2.28. The van der Waals surface area contributed by atoms with Gasteiger partial charge in [-0.05, 0) is 39.5 Å². The van der Waals surface area contributed by atoms with E-state index >= 15 is 0 Å². The Bertz CT molecular complexity index is 527. The maximum absolute atomic E-state index is 11.5. The van der Waals surface area contributed by atoms with Crippen LogP contribution in [0.25, 0.3) is 0 Å². The Morgan fingerprint density at radius 3 is 2.09 bits per heavy atom. The van der Waals surface area contributed by atoms with Gasteiger partial charge in [0.15, 0.2) is 0 Å². The number of aliphatic hydroxyl groups excluding tert-OH is 1. The van der Waals surface area contributed by atoms with Crippen molar-refractivity contribution in [3.05, 3.63) is 0 Å². The minimum Gasteiger partial charge on any atom is -0.394 e. The lowest BCUT2D eigenvalue weighted by atomic mass is 10.2. The predicted molar refractivity (Wildman–Crippen MR) is 136 cm³/mol. The first kappa shape index (κ1) is 29.4. The van der Waals surface area contributed by atoms with Crippen LogP contribution in [0.2, 0.25) is 0 Å². The first-order valence-electron chi connectivity index (χ1n) is 13.5. The molecule has 0 aliphatic carbocycles. The number of likely N-dealkylation sites (tertiary alicyclic amines) is 1. The molecule has 1 N–H and O–H groups in total. The van der Waals surface area contributed by atoms with E-state index in [0.717, 1.165) is 65.1 Å². The van der Waals surface area contributed by atoms with Crippen molar-refractivity contribution in [2.45, 2.75) is 45.8 Å². The van der Waals surface area contributed by atoms with Crippen LogP contribution in [0.4, 0.5) is 0 Å². The minimum absolute atomic E-state index is 0.0497. The van der Waals surface area contributed by atoms with E-state index in [4.69, 9.17) is 14.6 Å². The first-order valence-corrected chi connectivity index (χ1v) is 13.5. The molecule has 4 heterocycles. The van der Waals surface area contributed by atoms with Gasteiger partial charge in [-0.1, -0.05) is 20.8 Å².